The Hall–Kier alpha value is -1.37. The van der Waals surface area contributed by atoms with Crippen LogP contribution in [-0.2, 0) is 16.3 Å². The lowest BCUT2D eigenvalue weighted by atomic mass is 10.4. The summed E-state index contributed by atoms with van der Waals surface area (Å²) in [6.45, 7) is 2.37. The summed E-state index contributed by atoms with van der Waals surface area (Å²) >= 11 is 0. The first-order chi connectivity index (χ1) is 7.90. The van der Waals surface area contributed by atoms with Gasteiger partial charge in [0.2, 0.25) is 0 Å². The van der Waals surface area contributed by atoms with Gasteiger partial charge in [0.1, 0.15) is 21.5 Å². The highest BCUT2D eigenvalue weighted by molar-refractivity contribution is 7.90. The van der Waals surface area contributed by atoms with Gasteiger partial charge in [-0.15, -0.1) is 0 Å². The van der Waals surface area contributed by atoms with Crippen molar-refractivity contribution in [3.63, 3.8) is 0 Å². The highest BCUT2D eigenvalue weighted by atomic mass is 32.2. The lowest BCUT2D eigenvalue weighted by Crippen LogP contribution is -2.15. The molecular weight excluding hydrogens is 242 g/mol. The molecular formula is C10H17N3O3S. The number of nitrogens with zero attached hydrogens (tertiary/aromatic N) is 1. The first-order valence-electron chi connectivity index (χ1n) is 5.42. The Morgan fingerprint density at radius 1 is 1.47 bits per heavy atom. The molecule has 1 aromatic rings. The van der Waals surface area contributed by atoms with E-state index in [0.717, 1.165) is 0 Å². The van der Waals surface area contributed by atoms with E-state index in [1.54, 1.807) is 0 Å². The Labute approximate surface area is 100 Å². The van der Waals surface area contributed by atoms with Gasteiger partial charge in [-0.1, -0.05) is 6.92 Å². The van der Waals surface area contributed by atoms with Gasteiger partial charge in [0.25, 0.3) is 5.56 Å². The number of rotatable bonds is 6. The van der Waals surface area contributed by atoms with Crippen molar-refractivity contribution in [1.82, 2.24) is 9.97 Å². The Kier molecular flexibility index (Phi) is 4.68. The fraction of sp³-hybridized carbons (Fsp3) is 0.600. The highest BCUT2D eigenvalue weighted by Gasteiger charge is 2.02. The van der Waals surface area contributed by atoms with Crippen LogP contribution in [0, 0.1) is 0 Å². The van der Waals surface area contributed by atoms with Crippen LogP contribution < -0.4 is 10.9 Å². The van der Waals surface area contributed by atoms with Crippen LogP contribution in [0.3, 0.4) is 0 Å². The minimum Gasteiger partial charge on any atom is -0.370 e. The van der Waals surface area contributed by atoms with Crippen molar-refractivity contribution >= 4 is 15.7 Å². The molecule has 17 heavy (non-hydrogen) atoms. The monoisotopic (exact) mass is 259 g/mol. The Bertz CT molecular complexity index is 522. The predicted octanol–water partition coefficient (Wildman–Crippen LogP) is 0.179. The molecule has 0 atom stereocenters. The van der Waals surface area contributed by atoms with Crippen molar-refractivity contribution < 1.29 is 8.42 Å². The van der Waals surface area contributed by atoms with Gasteiger partial charge in [0.05, 0.1) is 5.75 Å². The van der Waals surface area contributed by atoms with Gasteiger partial charge < -0.3 is 10.3 Å². The van der Waals surface area contributed by atoms with Crippen molar-refractivity contribution in [3.05, 3.63) is 22.2 Å². The van der Waals surface area contributed by atoms with Gasteiger partial charge in [-0.25, -0.2) is 13.4 Å². The molecule has 1 heterocycles. The van der Waals surface area contributed by atoms with Crippen LogP contribution in [0.1, 0.15) is 19.2 Å². The third-order valence-corrected chi connectivity index (χ3v) is 3.15. The number of H-pyrrole nitrogens is 1. The van der Waals surface area contributed by atoms with E-state index in [2.05, 4.69) is 15.3 Å². The minimum atomic E-state index is -2.93. The van der Waals surface area contributed by atoms with E-state index in [-0.39, 0.29) is 11.3 Å². The van der Waals surface area contributed by atoms with Crippen molar-refractivity contribution in [1.29, 1.82) is 0 Å². The van der Waals surface area contributed by atoms with E-state index in [0.29, 0.717) is 31.0 Å². The number of aromatic amines is 1. The average molecular weight is 259 g/mol. The van der Waals surface area contributed by atoms with Crippen LogP contribution in [0.15, 0.2) is 10.9 Å². The van der Waals surface area contributed by atoms with Gasteiger partial charge in [-0.2, -0.15) is 0 Å². The summed E-state index contributed by atoms with van der Waals surface area (Å²) in [6.07, 6.45) is 2.34. The van der Waals surface area contributed by atoms with Crippen molar-refractivity contribution in [2.24, 2.45) is 0 Å². The summed E-state index contributed by atoms with van der Waals surface area (Å²) in [5.74, 6) is 1.23. The molecule has 1 rings (SSSR count). The summed E-state index contributed by atoms with van der Waals surface area (Å²) < 4.78 is 21.8. The number of hydrogen-bond acceptors (Lipinski definition) is 5. The zero-order valence-electron chi connectivity index (χ0n) is 9.99. The molecule has 0 saturated carbocycles. The maximum Gasteiger partial charge on any atom is 0.252 e. The molecule has 0 aliphatic rings. The van der Waals surface area contributed by atoms with Crippen molar-refractivity contribution in [2.75, 3.05) is 23.9 Å². The topological polar surface area (TPSA) is 91.9 Å². The number of nitrogens with one attached hydrogen (secondary N) is 2. The number of aromatic nitrogens is 2. The van der Waals surface area contributed by atoms with E-state index in [4.69, 9.17) is 0 Å². The van der Waals surface area contributed by atoms with E-state index >= 15 is 0 Å². The largest absolute Gasteiger partial charge is 0.370 e. The molecule has 2 N–H and O–H groups in total. The smallest absolute Gasteiger partial charge is 0.252 e. The first-order valence-corrected chi connectivity index (χ1v) is 7.48. The summed E-state index contributed by atoms with van der Waals surface area (Å²) in [5, 5.41) is 2.94. The van der Waals surface area contributed by atoms with Gasteiger partial charge in [0, 0.05) is 25.3 Å². The second kappa shape index (κ2) is 5.81. The number of anilines is 1. The molecule has 0 aliphatic heterocycles. The molecule has 0 bridgehead atoms. The SMILES string of the molecule is CCc1nc(NCCCS(C)(=O)=O)cc(=O)[nH]1. The third-order valence-electron chi connectivity index (χ3n) is 2.12. The first kappa shape index (κ1) is 13.7. The predicted molar refractivity (Wildman–Crippen MR) is 67.1 cm³/mol. The molecule has 0 unspecified atom stereocenters. The summed E-state index contributed by atoms with van der Waals surface area (Å²) in [5.41, 5.74) is -0.206. The van der Waals surface area contributed by atoms with E-state index in [1.165, 1.54) is 12.3 Å². The molecule has 0 amide bonds. The zero-order chi connectivity index (χ0) is 12.9. The molecule has 96 valence electrons. The number of sulfone groups is 1. The zero-order valence-corrected chi connectivity index (χ0v) is 10.8. The maximum atomic E-state index is 11.2. The second-order valence-corrected chi connectivity index (χ2v) is 6.10. The van der Waals surface area contributed by atoms with Crippen molar-refractivity contribution in [3.8, 4) is 0 Å². The summed E-state index contributed by atoms with van der Waals surface area (Å²) in [4.78, 5) is 18.0. The molecule has 7 heteroatoms. The van der Waals surface area contributed by atoms with Gasteiger partial charge in [-0.3, -0.25) is 4.79 Å². The average Bonchev–Trinajstić information content (AvgIpc) is 2.22. The number of hydrogen-bond donors (Lipinski definition) is 2. The molecule has 1 aromatic heterocycles. The fourth-order valence-corrected chi connectivity index (χ4v) is 1.99. The van der Waals surface area contributed by atoms with Gasteiger partial charge in [0.15, 0.2) is 0 Å². The van der Waals surface area contributed by atoms with Crippen LogP contribution in [0.5, 0.6) is 0 Å². The normalized spacial score (nSPS) is 11.4. The summed E-state index contributed by atoms with van der Waals surface area (Å²) in [7, 11) is -2.93. The lowest BCUT2D eigenvalue weighted by Gasteiger charge is -2.05. The molecule has 0 saturated heterocycles. The van der Waals surface area contributed by atoms with E-state index < -0.39 is 9.84 Å². The second-order valence-electron chi connectivity index (χ2n) is 3.84. The summed E-state index contributed by atoms with van der Waals surface area (Å²) in [6, 6.07) is 1.36. The van der Waals surface area contributed by atoms with Crippen molar-refractivity contribution in [2.45, 2.75) is 19.8 Å². The van der Waals surface area contributed by atoms with E-state index in [1.807, 2.05) is 6.92 Å². The lowest BCUT2D eigenvalue weighted by molar-refractivity contribution is 0.600. The Morgan fingerprint density at radius 2 is 2.18 bits per heavy atom. The molecule has 0 aromatic carbocycles. The van der Waals surface area contributed by atoms with Crippen LogP contribution in [-0.4, -0.2) is 36.9 Å². The molecule has 0 radical (unpaired) electrons. The molecule has 0 spiro atoms. The van der Waals surface area contributed by atoms with Crippen LogP contribution in [0.25, 0.3) is 0 Å². The molecule has 0 aliphatic carbocycles. The standard InChI is InChI=1S/C10H17N3O3S/c1-3-8-12-9(7-10(14)13-8)11-5-4-6-17(2,15)16/h7H,3-6H2,1-2H3,(H2,11,12,13,14). The minimum absolute atomic E-state index is 0.129. The fourth-order valence-electron chi connectivity index (χ4n) is 1.32. The van der Waals surface area contributed by atoms with Crippen LogP contribution in [0.2, 0.25) is 0 Å². The van der Waals surface area contributed by atoms with Gasteiger partial charge >= 0.3 is 0 Å². The Morgan fingerprint density at radius 3 is 2.76 bits per heavy atom. The maximum absolute atomic E-state index is 11.2. The van der Waals surface area contributed by atoms with Crippen LogP contribution >= 0.6 is 0 Å². The number of aryl methyl sites for hydroxylation is 1. The highest BCUT2D eigenvalue weighted by Crippen LogP contribution is 2.00. The van der Waals surface area contributed by atoms with Crippen LogP contribution in [0.4, 0.5) is 5.82 Å². The van der Waals surface area contributed by atoms with E-state index in [9.17, 15) is 13.2 Å². The molecule has 6 nitrogen and oxygen atoms in total. The Balaban J connectivity index is 2.52. The molecule has 0 fully saturated rings. The van der Waals surface area contributed by atoms with Gasteiger partial charge in [-0.05, 0) is 6.42 Å². The quantitative estimate of drug-likeness (QED) is 0.711. The third kappa shape index (κ3) is 5.48.